The average molecular weight is 453 g/mol. The number of nitrogens with zero attached hydrogens (tertiary/aromatic N) is 1. The Morgan fingerprint density at radius 1 is 0.969 bits per heavy atom. The first-order valence-corrected chi connectivity index (χ1v) is 11.3. The molecule has 4 rings (SSSR count). The Kier molecular flexibility index (Phi) is 7.40. The molecule has 1 amide bonds. The number of carbonyl (C=O) groups excluding carboxylic acids is 1. The minimum atomic E-state index is -0.560. The van der Waals surface area contributed by atoms with Crippen LogP contribution in [0.25, 0.3) is 11.1 Å². The van der Waals surface area contributed by atoms with Crippen LogP contribution in [0, 0.1) is 5.82 Å². The van der Waals surface area contributed by atoms with Gasteiger partial charge in [0, 0.05) is 18.1 Å². The Morgan fingerprint density at radius 2 is 1.62 bits per heavy atom. The van der Waals surface area contributed by atoms with Gasteiger partial charge in [0.2, 0.25) is 0 Å². The van der Waals surface area contributed by atoms with E-state index in [2.05, 4.69) is 10.2 Å². The largest absolute Gasteiger partial charge is 0.412 e. The summed E-state index contributed by atoms with van der Waals surface area (Å²) in [4.78, 5) is 14.4. The topological polar surface area (TPSA) is 41.6 Å². The molecule has 1 N–H and O–H groups in total. The molecule has 4 nitrogen and oxygen atoms in total. The van der Waals surface area contributed by atoms with E-state index in [4.69, 9.17) is 16.3 Å². The van der Waals surface area contributed by atoms with Gasteiger partial charge in [0.25, 0.3) is 0 Å². The number of hydrogen-bond acceptors (Lipinski definition) is 3. The predicted molar refractivity (Wildman–Crippen MR) is 126 cm³/mol. The molecule has 0 spiro atoms. The molecule has 32 heavy (non-hydrogen) atoms. The van der Waals surface area contributed by atoms with Crippen molar-refractivity contribution >= 4 is 17.7 Å². The normalized spacial score (nSPS) is 13.8. The molecule has 1 fully saturated rings. The van der Waals surface area contributed by atoms with E-state index in [1.54, 1.807) is 18.2 Å². The smallest absolute Gasteiger partial charge is 0.410 e. The molecule has 1 aliphatic heterocycles. The maximum atomic E-state index is 14.4. The van der Waals surface area contributed by atoms with Crippen LogP contribution in [-0.4, -0.2) is 30.6 Å². The Hall–Kier alpha value is -2.89. The number of rotatable bonds is 7. The van der Waals surface area contributed by atoms with Crippen LogP contribution >= 0.6 is 11.6 Å². The van der Waals surface area contributed by atoms with Gasteiger partial charge < -0.3 is 10.1 Å². The molecule has 0 saturated carbocycles. The highest BCUT2D eigenvalue weighted by atomic mass is 35.5. The number of hydrogen-bond donors (Lipinski definition) is 1. The Bertz CT molecular complexity index is 1050. The summed E-state index contributed by atoms with van der Waals surface area (Å²) < 4.78 is 19.7. The standard InChI is InChI=1S/C26H26ClFN2O2/c27-23-9-5-20(6-10-23)21-7-11-24(12-8-21)32-26(31)29-14-13-22-4-3-19(17-25(22)28)18-30-15-1-2-16-30/h3-12,17H,1-2,13-16,18H2,(H,29,31). The number of carbonyl (C=O) groups is 1. The third-order valence-electron chi connectivity index (χ3n) is 5.63. The van der Waals surface area contributed by atoms with Gasteiger partial charge in [-0.2, -0.15) is 0 Å². The summed E-state index contributed by atoms with van der Waals surface area (Å²) in [7, 11) is 0. The summed E-state index contributed by atoms with van der Waals surface area (Å²) in [5, 5.41) is 3.37. The lowest BCUT2D eigenvalue weighted by molar-refractivity contribution is 0.200. The summed E-state index contributed by atoms with van der Waals surface area (Å²) in [6.07, 6.45) is 2.28. The number of benzene rings is 3. The summed E-state index contributed by atoms with van der Waals surface area (Å²) in [6, 6.07) is 20.2. The molecule has 0 radical (unpaired) electrons. The van der Waals surface area contributed by atoms with Crippen molar-refractivity contribution in [2.45, 2.75) is 25.8 Å². The number of nitrogens with one attached hydrogen (secondary N) is 1. The second kappa shape index (κ2) is 10.6. The van der Waals surface area contributed by atoms with Gasteiger partial charge in [-0.05, 0) is 84.9 Å². The van der Waals surface area contributed by atoms with Crippen LogP contribution in [0.4, 0.5) is 9.18 Å². The van der Waals surface area contributed by atoms with Crippen LogP contribution in [0.1, 0.15) is 24.0 Å². The first-order valence-electron chi connectivity index (χ1n) is 10.9. The molecular formula is C26H26ClFN2O2. The lowest BCUT2D eigenvalue weighted by atomic mass is 10.1. The number of likely N-dealkylation sites (tertiary alicyclic amines) is 1. The van der Waals surface area contributed by atoms with Crippen LogP contribution in [0.2, 0.25) is 5.02 Å². The van der Waals surface area contributed by atoms with Gasteiger partial charge in [-0.1, -0.05) is 48.0 Å². The van der Waals surface area contributed by atoms with Crippen LogP contribution in [-0.2, 0) is 13.0 Å². The van der Waals surface area contributed by atoms with Crippen molar-refractivity contribution in [1.29, 1.82) is 0 Å². The van der Waals surface area contributed by atoms with Crippen molar-refractivity contribution in [2.75, 3.05) is 19.6 Å². The molecule has 0 bridgehead atoms. The van der Waals surface area contributed by atoms with E-state index in [-0.39, 0.29) is 5.82 Å². The van der Waals surface area contributed by atoms with Gasteiger partial charge in [-0.3, -0.25) is 4.90 Å². The van der Waals surface area contributed by atoms with Gasteiger partial charge in [0.05, 0.1) is 0 Å². The highest BCUT2D eigenvalue weighted by Gasteiger charge is 2.13. The second-order valence-corrected chi connectivity index (χ2v) is 8.44. The molecule has 1 heterocycles. The molecular weight excluding hydrogens is 427 g/mol. The van der Waals surface area contributed by atoms with E-state index in [0.717, 1.165) is 36.3 Å². The van der Waals surface area contributed by atoms with Gasteiger partial charge in [0.15, 0.2) is 0 Å². The average Bonchev–Trinajstić information content (AvgIpc) is 3.29. The zero-order valence-electron chi connectivity index (χ0n) is 17.8. The zero-order chi connectivity index (χ0) is 22.3. The third kappa shape index (κ3) is 6.09. The quantitative estimate of drug-likeness (QED) is 0.472. The molecule has 1 aliphatic rings. The second-order valence-electron chi connectivity index (χ2n) is 8.01. The summed E-state index contributed by atoms with van der Waals surface area (Å²) in [5.74, 6) is 0.215. The minimum Gasteiger partial charge on any atom is -0.410 e. The summed E-state index contributed by atoms with van der Waals surface area (Å²) in [6.45, 7) is 3.25. The van der Waals surface area contributed by atoms with Gasteiger partial charge in [-0.25, -0.2) is 9.18 Å². The van der Waals surface area contributed by atoms with Crippen molar-refractivity contribution in [2.24, 2.45) is 0 Å². The van der Waals surface area contributed by atoms with Crippen molar-refractivity contribution in [3.63, 3.8) is 0 Å². The van der Waals surface area contributed by atoms with E-state index in [1.807, 2.05) is 48.5 Å². The SMILES string of the molecule is O=C(NCCc1ccc(CN2CCCC2)cc1F)Oc1ccc(-c2ccc(Cl)cc2)cc1. The summed E-state index contributed by atoms with van der Waals surface area (Å²) in [5.41, 5.74) is 3.60. The Morgan fingerprint density at radius 3 is 2.28 bits per heavy atom. The maximum absolute atomic E-state index is 14.4. The molecule has 0 atom stereocenters. The number of halogens is 2. The van der Waals surface area contributed by atoms with Crippen molar-refractivity contribution in [1.82, 2.24) is 10.2 Å². The van der Waals surface area contributed by atoms with Crippen LogP contribution in [0.15, 0.2) is 66.7 Å². The number of amides is 1. The fraction of sp³-hybridized carbons (Fsp3) is 0.269. The maximum Gasteiger partial charge on any atom is 0.412 e. The van der Waals surface area contributed by atoms with Crippen molar-refractivity contribution in [3.8, 4) is 16.9 Å². The first-order chi connectivity index (χ1) is 15.6. The Labute approximate surface area is 193 Å². The van der Waals surface area contributed by atoms with Crippen LogP contribution in [0.5, 0.6) is 5.75 Å². The fourth-order valence-electron chi connectivity index (χ4n) is 3.89. The van der Waals surface area contributed by atoms with E-state index in [1.165, 1.54) is 12.8 Å². The molecule has 0 aliphatic carbocycles. The van der Waals surface area contributed by atoms with E-state index in [0.29, 0.717) is 29.3 Å². The minimum absolute atomic E-state index is 0.227. The molecule has 0 aromatic heterocycles. The van der Waals surface area contributed by atoms with E-state index >= 15 is 0 Å². The fourth-order valence-corrected chi connectivity index (χ4v) is 4.02. The molecule has 0 unspecified atom stereocenters. The molecule has 6 heteroatoms. The Balaban J connectivity index is 1.24. The molecule has 3 aromatic rings. The van der Waals surface area contributed by atoms with Gasteiger partial charge >= 0.3 is 6.09 Å². The zero-order valence-corrected chi connectivity index (χ0v) is 18.6. The molecule has 166 valence electrons. The van der Waals surface area contributed by atoms with E-state index in [9.17, 15) is 9.18 Å². The van der Waals surface area contributed by atoms with E-state index < -0.39 is 6.09 Å². The van der Waals surface area contributed by atoms with Crippen LogP contribution in [0.3, 0.4) is 0 Å². The van der Waals surface area contributed by atoms with Crippen LogP contribution < -0.4 is 10.1 Å². The summed E-state index contributed by atoms with van der Waals surface area (Å²) >= 11 is 5.92. The molecule has 1 saturated heterocycles. The highest BCUT2D eigenvalue weighted by Crippen LogP contribution is 2.24. The first kappa shape index (κ1) is 22.3. The number of ether oxygens (including phenoxy) is 1. The monoisotopic (exact) mass is 452 g/mol. The molecule has 3 aromatic carbocycles. The van der Waals surface area contributed by atoms with Gasteiger partial charge in [-0.15, -0.1) is 0 Å². The van der Waals surface area contributed by atoms with Crippen molar-refractivity contribution in [3.05, 3.63) is 88.7 Å². The van der Waals surface area contributed by atoms with Crippen molar-refractivity contribution < 1.29 is 13.9 Å². The van der Waals surface area contributed by atoms with Gasteiger partial charge in [0.1, 0.15) is 11.6 Å². The highest BCUT2D eigenvalue weighted by molar-refractivity contribution is 6.30. The predicted octanol–water partition coefficient (Wildman–Crippen LogP) is 6.07. The lowest BCUT2D eigenvalue weighted by Gasteiger charge is -2.15. The third-order valence-corrected chi connectivity index (χ3v) is 5.88. The lowest BCUT2D eigenvalue weighted by Crippen LogP contribution is -2.28.